The topological polar surface area (TPSA) is 68.0 Å². The number of aromatic carboxylic acids is 1. The molecule has 0 aliphatic rings. The van der Waals surface area contributed by atoms with Crippen LogP contribution in [0.5, 0.6) is 0 Å². The van der Waals surface area contributed by atoms with Gasteiger partial charge in [0.2, 0.25) is 5.13 Å². The van der Waals surface area contributed by atoms with Crippen LogP contribution in [0, 0.1) is 0 Å². The first kappa shape index (κ1) is 16.7. The Kier molecular flexibility index (Phi) is 4.40. The highest BCUT2D eigenvalue weighted by Gasteiger charge is 2.22. The van der Waals surface area contributed by atoms with Gasteiger partial charge in [-0.05, 0) is 15.9 Å². The highest BCUT2D eigenvalue weighted by Crippen LogP contribution is 2.38. The zero-order chi connectivity index (χ0) is 18.1. The first-order valence-corrected chi connectivity index (χ1v) is 9.41. The number of thiazole rings is 1. The maximum Gasteiger partial charge on any atom is 0.355 e. The van der Waals surface area contributed by atoms with E-state index in [4.69, 9.17) is 5.10 Å². The lowest BCUT2D eigenvalue weighted by Crippen LogP contribution is -2.01. The van der Waals surface area contributed by atoms with Crippen LogP contribution in [0.25, 0.3) is 27.6 Å². The van der Waals surface area contributed by atoms with Gasteiger partial charge >= 0.3 is 5.97 Å². The molecule has 4 aromatic rings. The predicted octanol–water partition coefficient (Wildman–Crippen LogP) is 5.12. The molecule has 2 aromatic carbocycles. The number of carbonyl (C=O) groups is 1. The zero-order valence-electron chi connectivity index (χ0n) is 13.3. The Bertz CT molecular complexity index is 1070. The summed E-state index contributed by atoms with van der Waals surface area (Å²) in [6, 6.07) is 19.6. The smallest absolute Gasteiger partial charge is 0.355 e. The molecule has 0 aliphatic carbocycles. The molecule has 2 aromatic heterocycles. The second kappa shape index (κ2) is 6.86. The van der Waals surface area contributed by atoms with Gasteiger partial charge in [0.25, 0.3) is 0 Å². The summed E-state index contributed by atoms with van der Waals surface area (Å²) in [6.07, 6.45) is 0. The molecule has 0 spiro atoms. The fraction of sp³-hybridized carbons (Fsp3) is 0. The Morgan fingerprint density at radius 1 is 1.00 bits per heavy atom. The van der Waals surface area contributed by atoms with Gasteiger partial charge in [-0.1, -0.05) is 60.7 Å². The second-order valence-corrected chi connectivity index (χ2v) is 7.11. The van der Waals surface area contributed by atoms with E-state index in [1.807, 2.05) is 60.7 Å². The lowest BCUT2D eigenvalue weighted by Gasteiger charge is -2.04. The number of hydrogen-bond donors (Lipinski definition) is 1. The Morgan fingerprint density at radius 3 is 2.19 bits per heavy atom. The molecule has 0 unspecified atom stereocenters. The van der Waals surface area contributed by atoms with E-state index < -0.39 is 5.97 Å². The molecule has 0 saturated carbocycles. The van der Waals surface area contributed by atoms with Gasteiger partial charge in [-0.3, -0.25) is 0 Å². The van der Waals surface area contributed by atoms with Crippen molar-refractivity contribution in [3.8, 4) is 27.6 Å². The zero-order valence-corrected chi connectivity index (χ0v) is 15.7. The van der Waals surface area contributed by atoms with Crippen LogP contribution in [-0.4, -0.2) is 25.8 Å². The minimum absolute atomic E-state index is 0.0110. The Morgan fingerprint density at radius 2 is 1.62 bits per heavy atom. The van der Waals surface area contributed by atoms with Crippen molar-refractivity contribution in [2.75, 3.05) is 0 Å². The van der Waals surface area contributed by atoms with Crippen LogP contribution < -0.4 is 0 Å². The van der Waals surface area contributed by atoms with Crippen molar-refractivity contribution >= 4 is 33.2 Å². The summed E-state index contributed by atoms with van der Waals surface area (Å²) in [6.45, 7) is 0. The third-order valence-electron chi connectivity index (χ3n) is 3.81. The number of halogens is 1. The van der Waals surface area contributed by atoms with Crippen molar-refractivity contribution in [2.24, 2.45) is 0 Å². The molecule has 5 nitrogen and oxygen atoms in total. The highest BCUT2D eigenvalue weighted by atomic mass is 79.9. The maximum atomic E-state index is 11.2. The quantitative estimate of drug-likeness (QED) is 0.492. The molecule has 7 heteroatoms. The van der Waals surface area contributed by atoms with Crippen molar-refractivity contribution in [1.82, 2.24) is 14.8 Å². The van der Waals surface area contributed by atoms with E-state index in [1.165, 1.54) is 16.7 Å². The predicted molar refractivity (Wildman–Crippen MR) is 105 cm³/mol. The number of carboxylic acid groups (broad SMARTS) is 1. The summed E-state index contributed by atoms with van der Waals surface area (Å²) < 4.78 is 2.53. The Labute approximate surface area is 161 Å². The van der Waals surface area contributed by atoms with E-state index in [2.05, 4.69) is 20.9 Å². The fourth-order valence-corrected chi connectivity index (χ4v) is 4.08. The summed E-state index contributed by atoms with van der Waals surface area (Å²) in [5.74, 6) is -1.05. The summed E-state index contributed by atoms with van der Waals surface area (Å²) >= 11 is 4.93. The maximum absolute atomic E-state index is 11.2. The number of nitrogens with zero attached hydrogens (tertiary/aromatic N) is 3. The summed E-state index contributed by atoms with van der Waals surface area (Å²) in [4.78, 5) is 15.4. The minimum atomic E-state index is -1.05. The largest absolute Gasteiger partial charge is 0.476 e. The molecule has 0 saturated heterocycles. The highest BCUT2D eigenvalue weighted by molar-refractivity contribution is 9.10. The van der Waals surface area contributed by atoms with Crippen molar-refractivity contribution < 1.29 is 9.90 Å². The second-order valence-electron chi connectivity index (χ2n) is 5.48. The number of aromatic nitrogens is 3. The van der Waals surface area contributed by atoms with Crippen LogP contribution in [0.3, 0.4) is 0 Å². The van der Waals surface area contributed by atoms with E-state index in [-0.39, 0.29) is 5.69 Å². The average Bonchev–Trinajstić information content (AvgIpc) is 3.28. The lowest BCUT2D eigenvalue weighted by atomic mass is 10.1. The average molecular weight is 426 g/mol. The van der Waals surface area contributed by atoms with Crippen molar-refractivity contribution in [2.45, 2.75) is 0 Å². The van der Waals surface area contributed by atoms with Crippen LogP contribution in [0.15, 0.2) is 70.5 Å². The van der Waals surface area contributed by atoms with E-state index in [0.717, 1.165) is 27.0 Å². The molecule has 4 rings (SSSR count). The van der Waals surface area contributed by atoms with Crippen molar-refractivity contribution in [3.05, 3.63) is 76.2 Å². The summed E-state index contributed by atoms with van der Waals surface area (Å²) in [5.41, 5.74) is 3.54. The van der Waals surface area contributed by atoms with Crippen LogP contribution in [0.1, 0.15) is 10.5 Å². The molecule has 128 valence electrons. The number of benzene rings is 2. The van der Waals surface area contributed by atoms with E-state index in [9.17, 15) is 9.90 Å². The van der Waals surface area contributed by atoms with Crippen LogP contribution in [0.2, 0.25) is 0 Å². The van der Waals surface area contributed by atoms with E-state index in [1.54, 1.807) is 4.68 Å². The van der Waals surface area contributed by atoms with Gasteiger partial charge in [-0.2, -0.15) is 5.10 Å². The van der Waals surface area contributed by atoms with Gasteiger partial charge in [0.15, 0.2) is 5.69 Å². The standard InChI is InChI=1S/C19H12BrN3O2S/c20-15-16(12-7-3-1-4-8-12)22-23(17(15)13-9-5-2-6-10-13)19-21-14(11-26-19)18(24)25/h1-11H,(H,24,25). The van der Waals surface area contributed by atoms with E-state index in [0.29, 0.717) is 5.13 Å². The molecular weight excluding hydrogens is 414 g/mol. The molecule has 0 amide bonds. The Hall–Kier alpha value is -2.77. The molecule has 0 atom stereocenters. The van der Waals surface area contributed by atoms with Gasteiger partial charge in [0.05, 0.1) is 10.2 Å². The van der Waals surface area contributed by atoms with Gasteiger partial charge in [-0.25, -0.2) is 14.5 Å². The molecule has 0 aliphatic heterocycles. The molecule has 1 N–H and O–H groups in total. The molecule has 0 radical (unpaired) electrons. The van der Waals surface area contributed by atoms with Crippen LogP contribution in [-0.2, 0) is 0 Å². The van der Waals surface area contributed by atoms with Crippen LogP contribution in [0.4, 0.5) is 0 Å². The molecule has 2 heterocycles. The first-order valence-electron chi connectivity index (χ1n) is 7.73. The van der Waals surface area contributed by atoms with Gasteiger partial charge in [-0.15, -0.1) is 11.3 Å². The van der Waals surface area contributed by atoms with Crippen LogP contribution >= 0.6 is 27.3 Å². The third-order valence-corrected chi connectivity index (χ3v) is 5.38. The normalized spacial score (nSPS) is 10.8. The third kappa shape index (κ3) is 2.95. The van der Waals surface area contributed by atoms with Gasteiger partial charge in [0.1, 0.15) is 5.69 Å². The number of rotatable bonds is 4. The molecule has 26 heavy (non-hydrogen) atoms. The van der Waals surface area contributed by atoms with E-state index >= 15 is 0 Å². The number of hydrogen-bond acceptors (Lipinski definition) is 4. The summed E-state index contributed by atoms with van der Waals surface area (Å²) in [5, 5.41) is 15.9. The minimum Gasteiger partial charge on any atom is -0.476 e. The van der Waals surface area contributed by atoms with Crippen molar-refractivity contribution in [1.29, 1.82) is 0 Å². The fourth-order valence-electron chi connectivity index (χ4n) is 2.62. The van der Waals surface area contributed by atoms with Gasteiger partial charge < -0.3 is 5.11 Å². The molecule has 0 fully saturated rings. The monoisotopic (exact) mass is 425 g/mol. The SMILES string of the molecule is O=C(O)c1csc(-n2nc(-c3ccccc3)c(Br)c2-c2ccccc2)n1. The van der Waals surface area contributed by atoms with Gasteiger partial charge in [0, 0.05) is 16.5 Å². The Balaban J connectivity index is 1.96. The molecular formula is C19H12BrN3O2S. The number of carboxylic acids is 1. The molecule has 0 bridgehead atoms. The summed E-state index contributed by atoms with van der Waals surface area (Å²) in [7, 11) is 0. The first-order chi connectivity index (χ1) is 12.6. The lowest BCUT2D eigenvalue weighted by molar-refractivity contribution is 0.0691. The van der Waals surface area contributed by atoms with Crippen molar-refractivity contribution in [3.63, 3.8) is 0 Å².